The number of hydrogen-bond donors (Lipinski definition) is 2. The van der Waals surface area contributed by atoms with Crippen molar-refractivity contribution < 1.29 is 9.47 Å². The Balaban J connectivity index is 0.00000240. The Morgan fingerprint density at radius 1 is 1.17 bits per heavy atom. The highest BCUT2D eigenvalue weighted by molar-refractivity contribution is 14.0. The summed E-state index contributed by atoms with van der Waals surface area (Å²) in [6.45, 7) is 4.61. The zero-order valence-corrected chi connectivity index (χ0v) is 19.9. The van der Waals surface area contributed by atoms with Gasteiger partial charge in [-0.25, -0.2) is 9.98 Å². The van der Waals surface area contributed by atoms with Crippen LogP contribution in [0.25, 0.3) is 5.65 Å². The molecule has 0 bridgehead atoms. The van der Waals surface area contributed by atoms with Gasteiger partial charge in [0.05, 0.1) is 25.5 Å². The molecule has 0 saturated heterocycles. The second kappa shape index (κ2) is 10.1. The second-order valence-corrected chi connectivity index (χ2v) is 7.29. The topological polar surface area (TPSA) is 72.2 Å². The molecule has 9 heteroatoms. The van der Waals surface area contributed by atoms with Crippen LogP contribution in [0.3, 0.4) is 0 Å². The lowest BCUT2D eigenvalue weighted by molar-refractivity contribution is 0.297. The van der Waals surface area contributed by atoms with Gasteiger partial charge in [-0.1, -0.05) is 0 Å². The van der Waals surface area contributed by atoms with Crippen LogP contribution in [0.1, 0.15) is 19.0 Å². The lowest BCUT2D eigenvalue weighted by Crippen LogP contribution is -2.30. The van der Waals surface area contributed by atoms with Crippen molar-refractivity contribution in [1.82, 2.24) is 14.7 Å². The molecule has 1 aliphatic heterocycles. The van der Waals surface area contributed by atoms with E-state index in [1.165, 1.54) is 0 Å². The van der Waals surface area contributed by atoms with Crippen LogP contribution in [0.4, 0.5) is 5.69 Å². The van der Waals surface area contributed by atoms with Crippen LogP contribution in [0.5, 0.6) is 11.5 Å². The molecule has 2 aromatic heterocycles. The summed E-state index contributed by atoms with van der Waals surface area (Å²) in [6.07, 6.45) is 4.86. The van der Waals surface area contributed by atoms with Crippen molar-refractivity contribution in [3.63, 3.8) is 0 Å². The quantitative estimate of drug-likeness (QED) is 0.275. The molecule has 0 atom stereocenters. The lowest BCUT2D eigenvalue weighted by atomic mass is 10.3. The predicted molar refractivity (Wildman–Crippen MR) is 129 cm³/mol. The zero-order valence-electron chi connectivity index (χ0n) is 16.0. The standard InChI is InChI=1S/C20H22BrN5O2.HI/c1-2-22-20(23-11-16-13-26-12-14(21)4-7-19(26)24-16)25-15-5-6-17-18(10-15)28-9-3-8-27-17;/h4-7,10,12-13H,2-3,8-9,11H2,1H3,(H2,22,23,25);1H. The van der Waals surface area contributed by atoms with Crippen LogP contribution >= 0.6 is 39.9 Å². The maximum absolute atomic E-state index is 5.76. The number of pyridine rings is 1. The van der Waals surface area contributed by atoms with E-state index in [-0.39, 0.29) is 24.0 Å². The van der Waals surface area contributed by atoms with Crippen LogP contribution in [0.2, 0.25) is 0 Å². The summed E-state index contributed by atoms with van der Waals surface area (Å²) < 4.78 is 14.4. The number of imidazole rings is 1. The van der Waals surface area contributed by atoms with Gasteiger partial charge >= 0.3 is 0 Å². The highest BCUT2D eigenvalue weighted by Gasteiger charge is 2.11. The van der Waals surface area contributed by atoms with Crippen molar-refractivity contribution >= 4 is 57.2 Å². The van der Waals surface area contributed by atoms with Gasteiger partial charge in [-0.3, -0.25) is 0 Å². The van der Waals surface area contributed by atoms with Gasteiger partial charge in [-0.2, -0.15) is 0 Å². The Bertz CT molecular complexity index is 1010. The highest BCUT2D eigenvalue weighted by atomic mass is 127. The molecule has 29 heavy (non-hydrogen) atoms. The summed E-state index contributed by atoms with van der Waals surface area (Å²) in [4.78, 5) is 9.27. The number of ether oxygens (including phenoxy) is 2. The number of benzene rings is 1. The van der Waals surface area contributed by atoms with Gasteiger partial charge in [-0.15, -0.1) is 24.0 Å². The molecule has 3 heterocycles. The first kappa shape index (κ1) is 21.7. The number of rotatable bonds is 4. The highest BCUT2D eigenvalue weighted by Crippen LogP contribution is 2.32. The Morgan fingerprint density at radius 3 is 2.83 bits per heavy atom. The Kier molecular flexibility index (Phi) is 7.59. The number of halogens is 2. The van der Waals surface area contributed by atoms with Crippen LogP contribution in [0, 0.1) is 0 Å². The largest absolute Gasteiger partial charge is 0.490 e. The van der Waals surface area contributed by atoms with E-state index >= 15 is 0 Å². The summed E-state index contributed by atoms with van der Waals surface area (Å²) in [5, 5.41) is 6.59. The van der Waals surface area contributed by atoms with E-state index in [0.717, 1.165) is 46.0 Å². The Morgan fingerprint density at radius 2 is 2.00 bits per heavy atom. The number of fused-ring (bicyclic) bond motifs is 2. The monoisotopic (exact) mass is 571 g/mol. The summed E-state index contributed by atoms with van der Waals surface area (Å²) >= 11 is 3.48. The minimum atomic E-state index is 0. The minimum absolute atomic E-state index is 0. The molecule has 1 aliphatic rings. The molecule has 4 rings (SSSR count). The third kappa shape index (κ3) is 5.53. The molecule has 7 nitrogen and oxygen atoms in total. The van der Waals surface area contributed by atoms with Crippen LogP contribution < -0.4 is 20.1 Å². The number of anilines is 1. The Labute approximate surface area is 195 Å². The molecular weight excluding hydrogens is 549 g/mol. The number of guanidine groups is 1. The molecule has 2 N–H and O–H groups in total. The first-order valence-electron chi connectivity index (χ1n) is 9.29. The fourth-order valence-corrected chi connectivity index (χ4v) is 3.29. The van der Waals surface area contributed by atoms with Gasteiger partial charge in [0.15, 0.2) is 17.5 Å². The Hall–Kier alpha value is -2.01. The fraction of sp³-hybridized carbons (Fsp3) is 0.300. The van der Waals surface area contributed by atoms with Crippen molar-refractivity contribution in [2.75, 3.05) is 25.1 Å². The zero-order chi connectivity index (χ0) is 19.3. The SMILES string of the molecule is CCNC(=NCc1cn2cc(Br)ccc2n1)Nc1ccc2c(c1)OCCCO2.I. The van der Waals surface area contributed by atoms with Crippen LogP contribution in [-0.2, 0) is 6.54 Å². The molecule has 0 unspecified atom stereocenters. The minimum Gasteiger partial charge on any atom is -0.490 e. The van der Waals surface area contributed by atoms with E-state index in [9.17, 15) is 0 Å². The van der Waals surface area contributed by atoms with Gasteiger partial charge in [0.25, 0.3) is 0 Å². The first-order valence-corrected chi connectivity index (χ1v) is 10.1. The average Bonchev–Trinajstić information content (AvgIpc) is 2.94. The van der Waals surface area contributed by atoms with Crippen molar-refractivity contribution in [3.8, 4) is 11.5 Å². The van der Waals surface area contributed by atoms with Crippen molar-refractivity contribution in [3.05, 3.63) is 52.9 Å². The molecule has 0 amide bonds. The smallest absolute Gasteiger partial charge is 0.196 e. The maximum Gasteiger partial charge on any atom is 0.196 e. The van der Waals surface area contributed by atoms with Gasteiger partial charge in [0, 0.05) is 41.6 Å². The average molecular weight is 572 g/mol. The molecule has 0 spiro atoms. The summed E-state index contributed by atoms with van der Waals surface area (Å²) in [6, 6.07) is 9.77. The summed E-state index contributed by atoms with van der Waals surface area (Å²) in [5.41, 5.74) is 2.69. The molecule has 0 fully saturated rings. The van der Waals surface area contributed by atoms with E-state index in [1.54, 1.807) is 0 Å². The predicted octanol–water partition coefficient (Wildman–Crippen LogP) is 4.45. The molecule has 0 saturated carbocycles. The third-order valence-corrected chi connectivity index (χ3v) is 4.69. The van der Waals surface area contributed by atoms with Crippen LogP contribution in [-0.4, -0.2) is 35.1 Å². The van der Waals surface area contributed by atoms with E-state index in [0.29, 0.717) is 25.7 Å². The van der Waals surface area contributed by atoms with Crippen LogP contribution in [0.15, 0.2) is 52.2 Å². The van der Waals surface area contributed by atoms with E-state index in [1.807, 2.05) is 54.0 Å². The first-order chi connectivity index (χ1) is 13.7. The number of hydrogen-bond acceptors (Lipinski definition) is 4. The van der Waals surface area contributed by atoms with Gasteiger partial charge < -0.3 is 24.5 Å². The number of nitrogens with zero attached hydrogens (tertiary/aromatic N) is 3. The van der Waals surface area contributed by atoms with E-state index in [2.05, 4.69) is 36.5 Å². The van der Waals surface area contributed by atoms with E-state index in [4.69, 9.17) is 9.47 Å². The maximum atomic E-state index is 5.76. The third-order valence-electron chi connectivity index (χ3n) is 4.22. The molecule has 0 radical (unpaired) electrons. The second-order valence-electron chi connectivity index (χ2n) is 6.38. The molecule has 3 aromatic rings. The lowest BCUT2D eigenvalue weighted by Gasteiger charge is -2.13. The fourth-order valence-electron chi connectivity index (χ4n) is 2.94. The van der Waals surface area contributed by atoms with Crippen molar-refractivity contribution in [1.29, 1.82) is 0 Å². The molecular formula is C20H23BrIN5O2. The molecule has 0 aliphatic carbocycles. The molecule has 1 aromatic carbocycles. The number of aromatic nitrogens is 2. The summed E-state index contributed by atoms with van der Waals surface area (Å²) in [7, 11) is 0. The van der Waals surface area contributed by atoms with E-state index < -0.39 is 0 Å². The number of nitrogens with one attached hydrogen (secondary N) is 2. The van der Waals surface area contributed by atoms with Gasteiger partial charge in [-0.05, 0) is 47.1 Å². The normalized spacial score (nSPS) is 13.5. The summed E-state index contributed by atoms with van der Waals surface area (Å²) in [5.74, 6) is 2.22. The van der Waals surface area contributed by atoms with Crippen molar-refractivity contribution in [2.24, 2.45) is 4.99 Å². The van der Waals surface area contributed by atoms with Gasteiger partial charge in [0.2, 0.25) is 0 Å². The van der Waals surface area contributed by atoms with Gasteiger partial charge in [0.1, 0.15) is 5.65 Å². The molecule has 154 valence electrons. The number of aliphatic imine (C=N–C) groups is 1. The van der Waals surface area contributed by atoms with Crippen molar-refractivity contribution in [2.45, 2.75) is 19.9 Å².